The van der Waals surface area contributed by atoms with Crippen LogP contribution in [0.1, 0.15) is 33.6 Å². The molecule has 1 unspecified atom stereocenters. The number of hydrogen-bond acceptors (Lipinski definition) is 2. The van der Waals surface area contributed by atoms with Gasteiger partial charge in [0.25, 0.3) is 0 Å². The van der Waals surface area contributed by atoms with Crippen molar-refractivity contribution in [3.63, 3.8) is 0 Å². The van der Waals surface area contributed by atoms with E-state index in [0.717, 1.165) is 6.61 Å². The second-order valence-electron chi connectivity index (χ2n) is 3.16. The molecule has 3 N–H and O–H groups in total. The molecule has 2 atom stereocenters. The van der Waals surface area contributed by atoms with Crippen LogP contribution < -0.4 is 6.15 Å². The molecule has 0 spiro atoms. The summed E-state index contributed by atoms with van der Waals surface area (Å²) in [5, 5.41) is 0. The minimum atomic E-state index is 0. The first kappa shape index (κ1) is 13.8. The average Bonchev–Trinajstić information content (AvgIpc) is 2.46. The topological polar surface area (TPSA) is 44.2 Å². The molecule has 0 aromatic rings. The van der Waals surface area contributed by atoms with E-state index in [2.05, 4.69) is 20.8 Å². The molecule has 11 heavy (non-hydrogen) atoms. The van der Waals surface area contributed by atoms with Gasteiger partial charge in [0.2, 0.25) is 0 Å². The van der Waals surface area contributed by atoms with Crippen molar-refractivity contribution in [1.82, 2.24) is 6.15 Å². The van der Waals surface area contributed by atoms with Crippen molar-refractivity contribution in [3.05, 3.63) is 0 Å². The first-order valence-corrected chi connectivity index (χ1v) is 3.84. The Morgan fingerprint density at radius 1 is 1.45 bits per heavy atom. The van der Waals surface area contributed by atoms with Crippen LogP contribution in [0, 0.1) is 5.41 Å². The fourth-order valence-electron chi connectivity index (χ4n) is 1.20. The number of ether oxygens (including phenoxy) is 1. The Morgan fingerprint density at radius 3 is 2.27 bits per heavy atom. The largest absolute Gasteiger partial charge is 0.378 e. The van der Waals surface area contributed by atoms with Gasteiger partial charge in [0.1, 0.15) is 0 Å². The first-order valence-electron chi connectivity index (χ1n) is 3.84. The van der Waals surface area contributed by atoms with Crippen molar-refractivity contribution in [2.24, 2.45) is 5.41 Å². The minimum Gasteiger partial charge on any atom is -0.378 e. The molecular weight excluding hydrogens is 162 g/mol. The Balaban J connectivity index is 0. The van der Waals surface area contributed by atoms with Crippen LogP contribution in [-0.2, 0) is 4.74 Å². The van der Waals surface area contributed by atoms with Crippen LogP contribution in [-0.4, -0.2) is 12.7 Å². The molecule has 1 aliphatic rings. The van der Waals surface area contributed by atoms with E-state index in [-0.39, 0.29) is 18.6 Å². The Morgan fingerprint density at radius 2 is 2.00 bits per heavy atom. The molecule has 0 amide bonds. The van der Waals surface area contributed by atoms with Gasteiger partial charge >= 0.3 is 0 Å². The summed E-state index contributed by atoms with van der Waals surface area (Å²) in [6, 6.07) is 0. The summed E-state index contributed by atoms with van der Waals surface area (Å²) in [5.74, 6) is 0. The maximum absolute atomic E-state index is 5.46. The highest BCUT2D eigenvalue weighted by Crippen LogP contribution is 2.50. The van der Waals surface area contributed by atoms with Gasteiger partial charge in [-0.2, -0.15) is 0 Å². The third kappa shape index (κ3) is 2.97. The normalized spacial score (nSPS) is 33.5. The molecule has 0 saturated heterocycles. The summed E-state index contributed by atoms with van der Waals surface area (Å²) in [6.07, 6.45) is 3.11. The zero-order valence-electron chi connectivity index (χ0n) is 7.72. The van der Waals surface area contributed by atoms with Gasteiger partial charge in [0.05, 0.1) is 6.10 Å². The van der Waals surface area contributed by atoms with E-state index in [1.165, 1.54) is 12.8 Å². The zero-order valence-corrected chi connectivity index (χ0v) is 8.54. The monoisotopic (exact) mass is 181 g/mol. The van der Waals surface area contributed by atoms with Gasteiger partial charge in [-0.05, 0) is 25.2 Å². The third-order valence-corrected chi connectivity index (χ3v) is 2.44. The molecule has 0 aliphatic heterocycles. The molecular formula is C8H20ClNO. The van der Waals surface area contributed by atoms with E-state index >= 15 is 0 Å². The fourth-order valence-corrected chi connectivity index (χ4v) is 1.20. The summed E-state index contributed by atoms with van der Waals surface area (Å²) in [7, 11) is 0. The molecule has 2 nitrogen and oxygen atoms in total. The second kappa shape index (κ2) is 4.96. The highest BCUT2D eigenvalue weighted by molar-refractivity contribution is 5.85. The van der Waals surface area contributed by atoms with Crippen LogP contribution in [0.25, 0.3) is 0 Å². The molecule has 70 valence electrons. The Bertz CT molecular complexity index is 108. The molecule has 0 aromatic heterocycles. The lowest BCUT2D eigenvalue weighted by Crippen LogP contribution is -2.03. The van der Waals surface area contributed by atoms with Crippen LogP contribution >= 0.6 is 12.4 Å². The van der Waals surface area contributed by atoms with E-state index in [1.54, 1.807) is 0 Å². The quantitative estimate of drug-likeness (QED) is 0.728. The Labute approximate surface area is 75.7 Å². The smallest absolute Gasteiger partial charge is 0.0635 e. The van der Waals surface area contributed by atoms with Gasteiger partial charge in [-0.15, -0.1) is 12.4 Å². The molecule has 0 bridgehead atoms. The second-order valence-corrected chi connectivity index (χ2v) is 3.16. The van der Waals surface area contributed by atoms with E-state index in [4.69, 9.17) is 4.74 Å². The van der Waals surface area contributed by atoms with Crippen LogP contribution in [0.3, 0.4) is 0 Å². The SMILES string of the molecule is CCO[C@H]1CC1(C)CC.Cl.N. The van der Waals surface area contributed by atoms with Crippen molar-refractivity contribution in [2.75, 3.05) is 6.61 Å². The molecule has 0 heterocycles. The highest BCUT2D eigenvalue weighted by Gasteiger charge is 2.49. The minimum absolute atomic E-state index is 0. The maximum Gasteiger partial charge on any atom is 0.0635 e. The van der Waals surface area contributed by atoms with Gasteiger partial charge in [-0.3, -0.25) is 0 Å². The number of rotatable bonds is 3. The first-order chi connectivity index (χ1) is 4.23. The molecule has 1 aliphatic carbocycles. The van der Waals surface area contributed by atoms with E-state index < -0.39 is 0 Å². The van der Waals surface area contributed by atoms with Crippen LogP contribution in [0.5, 0.6) is 0 Å². The lowest BCUT2D eigenvalue weighted by Gasteiger charge is -2.05. The third-order valence-electron chi connectivity index (χ3n) is 2.44. The van der Waals surface area contributed by atoms with Gasteiger partial charge < -0.3 is 10.9 Å². The zero-order chi connectivity index (χ0) is 6.91. The molecule has 1 rings (SSSR count). The van der Waals surface area contributed by atoms with Crippen molar-refractivity contribution in [1.29, 1.82) is 0 Å². The van der Waals surface area contributed by atoms with E-state index in [0.29, 0.717) is 11.5 Å². The van der Waals surface area contributed by atoms with Crippen LogP contribution in [0.2, 0.25) is 0 Å². The average molecular weight is 182 g/mol. The highest BCUT2D eigenvalue weighted by atomic mass is 35.5. The summed E-state index contributed by atoms with van der Waals surface area (Å²) < 4.78 is 5.46. The predicted octanol–water partition coefficient (Wildman–Crippen LogP) is 2.80. The summed E-state index contributed by atoms with van der Waals surface area (Å²) in [5.41, 5.74) is 0.538. The number of hydrogen-bond donors (Lipinski definition) is 1. The fraction of sp³-hybridized carbons (Fsp3) is 1.00. The van der Waals surface area contributed by atoms with Crippen molar-refractivity contribution in [3.8, 4) is 0 Å². The van der Waals surface area contributed by atoms with Crippen molar-refractivity contribution >= 4 is 12.4 Å². The molecule has 3 heteroatoms. The van der Waals surface area contributed by atoms with E-state index in [9.17, 15) is 0 Å². The van der Waals surface area contributed by atoms with Crippen molar-refractivity contribution < 1.29 is 4.74 Å². The molecule has 1 fully saturated rings. The van der Waals surface area contributed by atoms with E-state index in [1.807, 2.05) is 0 Å². The van der Waals surface area contributed by atoms with Crippen LogP contribution in [0.4, 0.5) is 0 Å². The maximum atomic E-state index is 5.46. The summed E-state index contributed by atoms with van der Waals surface area (Å²) in [4.78, 5) is 0. The van der Waals surface area contributed by atoms with Gasteiger partial charge in [-0.25, -0.2) is 0 Å². The van der Waals surface area contributed by atoms with Crippen molar-refractivity contribution in [2.45, 2.75) is 39.7 Å². The lowest BCUT2D eigenvalue weighted by atomic mass is 10.1. The Hall–Kier alpha value is 0.210. The number of halogens is 1. The predicted molar refractivity (Wildman–Crippen MR) is 50.7 cm³/mol. The summed E-state index contributed by atoms with van der Waals surface area (Å²) >= 11 is 0. The standard InChI is InChI=1S/C8H16O.ClH.H3N/c1-4-8(3)6-7(8)9-5-2;;/h7H,4-6H2,1-3H3;1H;1H3/t7-,8?;;/m0../s1. The summed E-state index contributed by atoms with van der Waals surface area (Å²) in [6.45, 7) is 7.47. The van der Waals surface area contributed by atoms with Gasteiger partial charge in [0, 0.05) is 6.61 Å². The molecule has 0 radical (unpaired) electrons. The molecule has 1 saturated carbocycles. The molecule has 0 aromatic carbocycles. The lowest BCUT2D eigenvalue weighted by molar-refractivity contribution is 0.103. The van der Waals surface area contributed by atoms with Crippen LogP contribution in [0.15, 0.2) is 0 Å². The Kier molecular flexibility index (Phi) is 6.22. The van der Waals surface area contributed by atoms with Gasteiger partial charge in [0.15, 0.2) is 0 Å². The van der Waals surface area contributed by atoms with Gasteiger partial charge in [-0.1, -0.05) is 13.8 Å².